The van der Waals surface area contributed by atoms with Crippen LogP contribution in [-0.4, -0.2) is 48.1 Å². The molecule has 0 spiro atoms. The highest BCUT2D eigenvalue weighted by molar-refractivity contribution is 6.38. The molecule has 1 aliphatic carbocycles. The van der Waals surface area contributed by atoms with Gasteiger partial charge in [-0.15, -0.1) is 12.4 Å². The number of aromatic nitrogens is 1. The first kappa shape index (κ1) is 23.3. The molecule has 2 fully saturated rings. The summed E-state index contributed by atoms with van der Waals surface area (Å²) in [6.45, 7) is 2.84. The Morgan fingerprint density at radius 2 is 2.16 bits per heavy atom. The Bertz CT molecular complexity index is 1150. The minimum atomic E-state index is -1.35. The summed E-state index contributed by atoms with van der Waals surface area (Å²) >= 11 is 6.68. The van der Waals surface area contributed by atoms with Gasteiger partial charge in [-0.1, -0.05) is 23.7 Å². The normalized spacial score (nSPS) is 22.1. The minimum absolute atomic E-state index is 0. The molecule has 2 aliphatic rings. The van der Waals surface area contributed by atoms with Crippen molar-refractivity contribution < 1.29 is 19.1 Å². The molecular formula is C20H23Cl2FN4O4. The Morgan fingerprint density at radius 3 is 2.71 bits per heavy atom. The third kappa shape index (κ3) is 3.75. The summed E-state index contributed by atoms with van der Waals surface area (Å²) in [6.07, 6.45) is 2.98. The molecule has 8 nitrogen and oxygen atoms in total. The van der Waals surface area contributed by atoms with Gasteiger partial charge < -0.3 is 25.1 Å². The number of pyridine rings is 1. The van der Waals surface area contributed by atoms with Crippen LogP contribution in [0.2, 0.25) is 5.02 Å². The number of carbonyl (C=O) groups is 1. The number of rotatable bonds is 5. The van der Waals surface area contributed by atoms with Gasteiger partial charge >= 0.3 is 5.97 Å². The summed E-state index contributed by atoms with van der Waals surface area (Å²) in [4.78, 5) is 30.9. The standard InChI is InChI=1S/C20H22ClFN4O4.ClH/c1-20(8-23)9-25(7-14(20)24-30-2)17-13(22)5-11-16(15(17)21)26(10-3-4-10)6-12(18(11)27)19(28)29;/h5-6,10H,3-4,7-9,23H2,1-2H3,(H,28,29);1H/b24-14+;. The predicted molar refractivity (Wildman–Crippen MR) is 119 cm³/mol. The van der Waals surface area contributed by atoms with Crippen LogP contribution < -0.4 is 16.1 Å². The molecule has 3 N–H and O–H groups in total. The largest absolute Gasteiger partial charge is 0.477 e. The molecule has 0 bridgehead atoms. The third-order valence-electron chi connectivity index (χ3n) is 5.90. The van der Waals surface area contributed by atoms with Gasteiger partial charge in [0.25, 0.3) is 0 Å². The lowest BCUT2D eigenvalue weighted by Gasteiger charge is -2.25. The van der Waals surface area contributed by atoms with Gasteiger partial charge in [0.2, 0.25) is 5.43 Å². The van der Waals surface area contributed by atoms with Crippen molar-refractivity contribution in [3.8, 4) is 0 Å². The van der Waals surface area contributed by atoms with Gasteiger partial charge in [-0.2, -0.15) is 0 Å². The van der Waals surface area contributed by atoms with Crippen molar-refractivity contribution in [3.05, 3.63) is 38.9 Å². The number of aromatic carboxylic acids is 1. The molecule has 1 aromatic carbocycles. The quantitative estimate of drug-likeness (QED) is 0.647. The molecule has 0 radical (unpaired) electrons. The van der Waals surface area contributed by atoms with E-state index in [2.05, 4.69) is 5.16 Å². The SMILES string of the molecule is CO/N=C1\CN(c2c(F)cc3c(=O)c(C(=O)O)cn(C4CC4)c3c2Cl)CC1(C)CN.Cl. The van der Waals surface area contributed by atoms with Crippen molar-refractivity contribution in [1.82, 2.24) is 4.57 Å². The van der Waals surface area contributed by atoms with E-state index in [0.717, 1.165) is 18.9 Å². The van der Waals surface area contributed by atoms with Crippen LogP contribution in [0.3, 0.4) is 0 Å². The van der Waals surface area contributed by atoms with Crippen molar-refractivity contribution >= 4 is 52.3 Å². The maximum absolute atomic E-state index is 15.2. The van der Waals surface area contributed by atoms with Crippen LogP contribution in [0, 0.1) is 11.2 Å². The van der Waals surface area contributed by atoms with Gasteiger partial charge in [0.15, 0.2) is 0 Å². The molecule has 2 heterocycles. The summed E-state index contributed by atoms with van der Waals surface area (Å²) < 4.78 is 16.9. The molecule has 168 valence electrons. The number of nitrogens with zero attached hydrogens (tertiary/aromatic N) is 3. The Hall–Kier alpha value is -2.36. The van der Waals surface area contributed by atoms with Gasteiger partial charge in [-0.3, -0.25) is 4.79 Å². The molecule has 0 amide bonds. The fraction of sp³-hybridized carbons (Fsp3) is 0.450. The van der Waals surface area contributed by atoms with Crippen molar-refractivity contribution in [1.29, 1.82) is 0 Å². The van der Waals surface area contributed by atoms with E-state index in [4.69, 9.17) is 22.2 Å². The van der Waals surface area contributed by atoms with Gasteiger partial charge in [0.05, 0.1) is 33.9 Å². The first-order valence-corrected chi connectivity index (χ1v) is 9.95. The summed E-state index contributed by atoms with van der Waals surface area (Å²) in [7, 11) is 1.44. The Kier molecular flexibility index (Phi) is 6.23. The Morgan fingerprint density at radius 1 is 1.48 bits per heavy atom. The number of fused-ring (bicyclic) bond motifs is 1. The van der Waals surface area contributed by atoms with Gasteiger partial charge in [-0.25, -0.2) is 9.18 Å². The van der Waals surface area contributed by atoms with Gasteiger partial charge in [-0.05, 0) is 18.9 Å². The van der Waals surface area contributed by atoms with E-state index >= 15 is 4.39 Å². The number of benzene rings is 1. The molecule has 1 saturated carbocycles. The average molecular weight is 473 g/mol. The molecule has 1 unspecified atom stereocenters. The van der Waals surface area contributed by atoms with Crippen molar-refractivity contribution in [3.63, 3.8) is 0 Å². The number of carboxylic acid groups (broad SMARTS) is 1. The van der Waals surface area contributed by atoms with Crippen molar-refractivity contribution in [2.45, 2.75) is 25.8 Å². The fourth-order valence-corrected chi connectivity index (χ4v) is 4.45. The molecule has 1 atom stereocenters. The van der Waals surface area contributed by atoms with Gasteiger partial charge in [0, 0.05) is 30.7 Å². The summed E-state index contributed by atoms with van der Waals surface area (Å²) in [6, 6.07) is 1.11. The highest BCUT2D eigenvalue weighted by Gasteiger charge is 2.42. The Labute approximate surface area is 188 Å². The number of hydrogen-bond acceptors (Lipinski definition) is 6. The predicted octanol–water partition coefficient (Wildman–Crippen LogP) is 3.04. The lowest BCUT2D eigenvalue weighted by Crippen LogP contribution is -2.36. The second-order valence-electron chi connectivity index (χ2n) is 8.07. The molecule has 4 rings (SSSR count). The zero-order valence-corrected chi connectivity index (χ0v) is 18.6. The number of anilines is 1. The smallest absolute Gasteiger partial charge is 0.341 e. The van der Waals surface area contributed by atoms with E-state index in [1.54, 1.807) is 9.47 Å². The van der Waals surface area contributed by atoms with Crippen molar-refractivity contribution in [2.75, 3.05) is 31.6 Å². The highest BCUT2D eigenvalue weighted by Crippen LogP contribution is 2.43. The van der Waals surface area contributed by atoms with E-state index in [1.165, 1.54) is 13.3 Å². The molecule has 1 saturated heterocycles. The maximum Gasteiger partial charge on any atom is 0.341 e. The molecule has 2 aromatic rings. The Balaban J connectivity index is 0.00000272. The second-order valence-corrected chi connectivity index (χ2v) is 8.45. The van der Waals surface area contributed by atoms with E-state index < -0.39 is 28.2 Å². The van der Waals surface area contributed by atoms with Crippen LogP contribution in [0.5, 0.6) is 0 Å². The molecule has 31 heavy (non-hydrogen) atoms. The van der Waals surface area contributed by atoms with Crippen LogP contribution >= 0.6 is 24.0 Å². The molecule has 1 aromatic heterocycles. The van der Waals surface area contributed by atoms with Crippen LogP contribution in [-0.2, 0) is 4.84 Å². The zero-order chi connectivity index (χ0) is 21.8. The highest BCUT2D eigenvalue weighted by atomic mass is 35.5. The summed E-state index contributed by atoms with van der Waals surface area (Å²) in [5.41, 5.74) is 5.42. The van der Waals surface area contributed by atoms with E-state index in [1.807, 2.05) is 6.92 Å². The topological polar surface area (TPSA) is 110 Å². The van der Waals surface area contributed by atoms with Crippen LogP contribution in [0.1, 0.15) is 36.2 Å². The number of oxime groups is 1. The maximum atomic E-state index is 15.2. The second kappa shape index (κ2) is 8.29. The number of hydrogen-bond donors (Lipinski definition) is 2. The number of carboxylic acids is 1. The van der Waals surface area contributed by atoms with E-state index in [-0.39, 0.29) is 47.6 Å². The molecule has 11 heteroatoms. The molecular weight excluding hydrogens is 450 g/mol. The zero-order valence-electron chi connectivity index (χ0n) is 17.0. The van der Waals surface area contributed by atoms with Crippen molar-refractivity contribution in [2.24, 2.45) is 16.3 Å². The van der Waals surface area contributed by atoms with Crippen LogP contribution in [0.4, 0.5) is 10.1 Å². The summed E-state index contributed by atoms with van der Waals surface area (Å²) in [5.74, 6) is -2.05. The first-order chi connectivity index (χ1) is 14.2. The lowest BCUT2D eigenvalue weighted by molar-refractivity contribution is 0.0695. The summed E-state index contributed by atoms with van der Waals surface area (Å²) in [5, 5.41) is 13.5. The fourth-order valence-electron chi connectivity index (χ4n) is 4.04. The first-order valence-electron chi connectivity index (χ1n) is 9.57. The third-order valence-corrected chi connectivity index (χ3v) is 6.26. The molecule has 1 aliphatic heterocycles. The lowest BCUT2D eigenvalue weighted by atomic mass is 9.88. The van der Waals surface area contributed by atoms with Crippen LogP contribution in [0.25, 0.3) is 10.9 Å². The number of halogens is 3. The van der Waals surface area contributed by atoms with E-state index in [9.17, 15) is 14.7 Å². The monoisotopic (exact) mass is 472 g/mol. The minimum Gasteiger partial charge on any atom is -0.477 e. The van der Waals surface area contributed by atoms with Gasteiger partial charge in [0.1, 0.15) is 18.5 Å². The van der Waals surface area contributed by atoms with Crippen LogP contribution in [0.15, 0.2) is 22.2 Å². The van der Waals surface area contributed by atoms with E-state index in [0.29, 0.717) is 17.8 Å². The number of nitrogens with two attached hydrogens (primary N) is 1. The average Bonchev–Trinajstić information content (AvgIpc) is 3.48.